The van der Waals surface area contributed by atoms with Crippen LogP contribution in [0.1, 0.15) is 26.7 Å². The first kappa shape index (κ1) is 17.2. The van der Waals surface area contributed by atoms with Gasteiger partial charge < -0.3 is 20.0 Å². The third-order valence-corrected chi connectivity index (χ3v) is 8.20. The minimum absolute atomic E-state index is 0.460. The maximum absolute atomic E-state index is 12.7. The molecule has 1 unspecified atom stereocenters. The van der Waals surface area contributed by atoms with Crippen molar-refractivity contribution in [3.8, 4) is 0 Å². The zero-order valence-electron chi connectivity index (χ0n) is 13.4. The Hall–Kier alpha value is -1.68. The van der Waals surface area contributed by atoms with E-state index in [0.717, 1.165) is 17.7 Å². The molecule has 134 valence electrons. The number of likely N-dealkylation sites (tertiary alicyclic amines) is 1. The van der Waals surface area contributed by atoms with Crippen molar-refractivity contribution in [1.29, 1.82) is 0 Å². The first-order valence-corrected chi connectivity index (χ1v) is 9.33. The molecule has 2 amide bonds. The average Bonchev–Trinajstić information content (AvgIpc) is 3.04. The van der Waals surface area contributed by atoms with E-state index in [-0.39, 0.29) is 0 Å². The van der Waals surface area contributed by atoms with Crippen molar-refractivity contribution in [2.75, 3.05) is 13.1 Å². The zero-order valence-corrected chi connectivity index (χ0v) is 14.2. The number of carboxylic acid groups (broad SMARTS) is 1. The second-order valence-electron chi connectivity index (χ2n) is 7.03. The summed E-state index contributed by atoms with van der Waals surface area (Å²) in [5.74, 6) is -4.33. The van der Waals surface area contributed by atoms with E-state index in [1.807, 2.05) is 0 Å². The van der Waals surface area contributed by atoms with E-state index in [9.17, 15) is 33.0 Å². The van der Waals surface area contributed by atoms with Crippen LogP contribution >= 0.6 is 0 Å². The molecule has 0 aromatic heterocycles. The molecule has 24 heavy (non-hydrogen) atoms. The number of nitrogens with zero attached hydrogens (tertiary/aromatic N) is 2. The van der Waals surface area contributed by atoms with E-state index in [4.69, 9.17) is 0 Å². The second kappa shape index (κ2) is 5.16. The van der Waals surface area contributed by atoms with Gasteiger partial charge in [-0.05, 0) is 26.7 Å². The first-order valence-electron chi connectivity index (χ1n) is 7.78. The molecule has 3 aliphatic heterocycles. The molecule has 3 heterocycles. The van der Waals surface area contributed by atoms with Crippen LogP contribution in [0.5, 0.6) is 0 Å². The Labute approximate surface area is 139 Å². The highest BCUT2D eigenvalue weighted by atomic mass is 32.2. The third-order valence-electron chi connectivity index (χ3n) is 5.35. The number of carboxylic acids is 1. The summed E-state index contributed by atoms with van der Waals surface area (Å²) in [6.07, 6.45) is -0.187. The van der Waals surface area contributed by atoms with Crippen molar-refractivity contribution in [3.05, 3.63) is 0 Å². The minimum Gasteiger partial charge on any atom is -0.480 e. The topological polar surface area (TPSA) is 132 Å². The molecule has 9 nitrogen and oxygen atoms in total. The molecule has 0 aromatic rings. The van der Waals surface area contributed by atoms with Gasteiger partial charge in [-0.2, -0.15) is 0 Å². The number of carbonyl (C=O) groups is 3. The van der Waals surface area contributed by atoms with E-state index >= 15 is 0 Å². The van der Waals surface area contributed by atoms with Crippen LogP contribution in [0.25, 0.3) is 0 Å². The molecule has 2 N–H and O–H groups in total. The van der Waals surface area contributed by atoms with Crippen LogP contribution in [0.2, 0.25) is 0 Å². The van der Waals surface area contributed by atoms with E-state index in [1.54, 1.807) is 0 Å². The molecule has 3 rings (SSSR count). The van der Waals surface area contributed by atoms with E-state index < -0.39 is 55.8 Å². The Morgan fingerprint density at radius 3 is 2.29 bits per heavy atom. The van der Waals surface area contributed by atoms with Crippen LogP contribution in [0.4, 0.5) is 0 Å². The molecule has 0 bridgehead atoms. The number of β-lactam (4-membered cyclic amide) rings is 1. The fourth-order valence-corrected chi connectivity index (χ4v) is 6.24. The summed E-state index contributed by atoms with van der Waals surface area (Å²) in [6, 6.07) is -1.52. The lowest BCUT2D eigenvalue weighted by Crippen LogP contribution is -2.68. The molecule has 3 aliphatic rings. The van der Waals surface area contributed by atoms with Crippen LogP contribution in [-0.4, -0.2) is 81.6 Å². The van der Waals surface area contributed by atoms with Crippen LogP contribution in [0, 0.1) is 5.92 Å². The number of amides is 2. The fourth-order valence-electron chi connectivity index (χ4n) is 3.91. The summed E-state index contributed by atoms with van der Waals surface area (Å²) in [6.45, 7) is 3.42. The van der Waals surface area contributed by atoms with Crippen molar-refractivity contribution in [3.63, 3.8) is 0 Å². The molecule has 4 atom stereocenters. The van der Waals surface area contributed by atoms with Gasteiger partial charge >= 0.3 is 5.97 Å². The SMILES string of the molecule is CC1(C)[C@H](C(=O)O)N2C(=O)[C@@H](C(O)C(=O)N3CCCC3)[C@H]2S1(=O)=O. The predicted octanol–water partition coefficient (Wildman–Crippen LogP) is -1.59. The van der Waals surface area contributed by atoms with Gasteiger partial charge in [0, 0.05) is 13.1 Å². The fraction of sp³-hybridized carbons (Fsp3) is 0.786. The summed E-state index contributed by atoms with van der Waals surface area (Å²) in [7, 11) is -4.05. The number of aliphatic hydroxyl groups excluding tert-OH is 1. The number of aliphatic hydroxyl groups is 1. The highest BCUT2D eigenvalue weighted by molar-refractivity contribution is 7.93. The van der Waals surface area contributed by atoms with E-state index in [1.165, 1.54) is 18.7 Å². The maximum atomic E-state index is 12.7. The highest BCUT2D eigenvalue weighted by Gasteiger charge is 2.73. The third kappa shape index (κ3) is 1.95. The molecule has 0 aromatic carbocycles. The monoisotopic (exact) mass is 360 g/mol. The second-order valence-corrected chi connectivity index (χ2v) is 9.65. The van der Waals surface area contributed by atoms with Gasteiger partial charge in [-0.3, -0.25) is 9.59 Å². The smallest absolute Gasteiger partial charge is 0.328 e. The number of hydrogen-bond acceptors (Lipinski definition) is 6. The normalized spacial score (nSPS) is 34.6. The van der Waals surface area contributed by atoms with E-state index in [2.05, 4.69) is 0 Å². The number of aliphatic carboxylic acids is 1. The lowest BCUT2D eigenvalue weighted by Gasteiger charge is -2.44. The number of rotatable bonds is 3. The molecule has 0 radical (unpaired) electrons. The lowest BCUT2D eigenvalue weighted by molar-refractivity contribution is -0.173. The summed E-state index contributed by atoms with van der Waals surface area (Å²) in [5, 5.41) is 18.2. The van der Waals surface area contributed by atoms with Gasteiger partial charge in [-0.15, -0.1) is 0 Å². The van der Waals surface area contributed by atoms with Crippen molar-refractivity contribution >= 4 is 27.6 Å². The van der Waals surface area contributed by atoms with Gasteiger partial charge in [0.15, 0.2) is 9.84 Å². The molecule has 3 saturated heterocycles. The quantitative estimate of drug-likeness (QED) is 0.580. The maximum Gasteiger partial charge on any atom is 0.328 e. The predicted molar refractivity (Wildman–Crippen MR) is 80.4 cm³/mol. The van der Waals surface area contributed by atoms with Gasteiger partial charge in [0.05, 0.1) is 4.75 Å². The van der Waals surface area contributed by atoms with Gasteiger partial charge in [0.1, 0.15) is 23.4 Å². The van der Waals surface area contributed by atoms with Crippen LogP contribution in [0.3, 0.4) is 0 Å². The van der Waals surface area contributed by atoms with Crippen molar-refractivity contribution in [2.45, 2.75) is 49.0 Å². The summed E-state index contributed by atoms with van der Waals surface area (Å²) in [4.78, 5) is 38.3. The zero-order chi connectivity index (χ0) is 18.0. The largest absolute Gasteiger partial charge is 0.480 e. The Morgan fingerprint density at radius 1 is 1.25 bits per heavy atom. The summed E-state index contributed by atoms with van der Waals surface area (Å²) in [5.41, 5.74) is 0. The molecule has 0 spiro atoms. The Morgan fingerprint density at radius 2 is 1.79 bits per heavy atom. The number of carbonyl (C=O) groups excluding carboxylic acids is 2. The molecule has 0 saturated carbocycles. The van der Waals surface area contributed by atoms with E-state index in [0.29, 0.717) is 13.1 Å². The van der Waals surface area contributed by atoms with Crippen molar-refractivity contribution < 1.29 is 33.0 Å². The summed E-state index contributed by atoms with van der Waals surface area (Å²) >= 11 is 0. The molecule has 10 heteroatoms. The number of hydrogen-bond donors (Lipinski definition) is 2. The van der Waals surface area contributed by atoms with Gasteiger partial charge in [-0.25, -0.2) is 13.2 Å². The van der Waals surface area contributed by atoms with Gasteiger partial charge in [0.25, 0.3) is 5.91 Å². The minimum atomic E-state index is -4.05. The molecular formula is C14H20N2O7S. The van der Waals surface area contributed by atoms with Crippen molar-refractivity contribution in [1.82, 2.24) is 9.80 Å². The molecule has 0 aliphatic carbocycles. The average molecular weight is 360 g/mol. The molecular weight excluding hydrogens is 340 g/mol. The van der Waals surface area contributed by atoms with Crippen molar-refractivity contribution in [2.24, 2.45) is 5.92 Å². The van der Waals surface area contributed by atoms with Gasteiger partial charge in [-0.1, -0.05) is 0 Å². The van der Waals surface area contributed by atoms with Crippen LogP contribution in [0.15, 0.2) is 0 Å². The number of fused-ring (bicyclic) bond motifs is 1. The lowest BCUT2D eigenvalue weighted by atomic mass is 9.87. The summed E-state index contributed by atoms with van der Waals surface area (Å²) < 4.78 is 23.7. The van der Waals surface area contributed by atoms with Crippen LogP contribution < -0.4 is 0 Å². The Balaban J connectivity index is 1.93. The first-order chi connectivity index (χ1) is 11.0. The number of sulfone groups is 1. The Kier molecular flexibility index (Phi) is 3.69. The van der Waals surface area contributed by atoms with Gasteiger partial charge in [0.2, 0.25) is 5.91 Å². The Bertz CT molecular complexity index is 711. The standard InChI is InChI=1S/C14H20N2O7S/c1-14(2)9(13(20)21)16-10(18)7(12(16)24(14,22)23)8(17)11(19)15-5-3-4-6-15/h7-9,12,17H,3-6H2,1-2H3,(H,20,21)/t7-,8?,9+,12-/m1/s1. The molecule has 3 fully saturated rings. The highest BCUT2D eigenvalue weighted by Crippen LogP contribution is 2.49. The van der Waals surface area contributed by atoms with Crippen LogP contribution in [-0.2, 0) is 24.2 Å².